The lowest BCUT2D eigenvalue weighted by atomic mass is 10.1. The molecule has 0 radical (unpaired) electrons. The molecule has 2 aromatic rings. The second-order valence-electron chi connectivity index (χ2n) is 7.10. The van der Waals surface area contributed by atoms with Crippen molar-refractivity contribution in [2.45, 2.75) is 38.0 Å². The van der Waals surface area contributed by atoms with Gasteiger partial charge in [-0.3, -0.25) is 4.79 Å². The molecule has 0 unspecified atom stereocenters. The van der Waals surface area contributed by atoms with Gasteiger partial charge in [0.15, 0.2) is 6.61 Å². The van der Waals surface area contributed by atoms with E-state index < -0.39 is 10.0 Å². The number of carbonyl (C=O) groups excluding carboxylic acids is 1. The molecule has 7 heteroatoms. The van der Waals surface area contributed by atoms with Crippen LogP contribution in [0.25, 0.3) is 0 Å². The zero-order valence-electron chi connectivity index (χ0n) is 16.3. The normalized spacial score (nSPS) is 15.2. The van der Waals surface area contributed by atoms with E-state index in [2.05, 4.69) is 5.32 Å². The second-order valence-corrected chi connectivity index (χ2v) is 9.04. The Hall–Kier alpha value is -2.38. The number of sulfonamides is 1. The Kier molecular flexibility index (Phi) is 6.36. The third-order valence-corrected chi connectivity index (χ3v) is 6.67. The first-order valence-corrected chi connectivity index (χ1v) is 10.9. The first kappa shape index (κ1) is 20.4. The van der Waals surface area contributed by atoms with Gasteiger partial charge in [-0.25, -0.2) is 8.42 Å². The fourth-order valence-corrected chi connectivity index (χ4v) is 4.76. The Morgan fingerprint density at radius 1 is 1.07 bits per heavy atom. The number of carbonyl (C=O) groups is 1. The second kappa shape index (κ2) is 8.75. The van der Waals surface area contributed by atoms with Crippen molar-refractivity contribution < 1.29 is 17.9 Å². The maximum atomic E-state index is 12.8. The number of benzene rings is 2. The molecule has 6 nitrogen and oxygen atoms in total. The Morgan fingerprint density at radius 3 is 2.57 bits per heavy atom. The number of hydrogen-bond donors (Lipinski definition) is 1. The molecule has 1 amide bonds. The summed E-state index contributed by atoms with van der Waals surface area (Å²) in [4.78, 5) is 12.4. The number of amides is 1. The number of ether oxygens (including phenoxy) is 1. The molecule has 0 aliphatic carbocycles. The van der Waals surface area contributed by atoms with Crippen LogP contribution in [0.2, 0.25) is 0 Å². The van der Waals surface area contributed by atoms with Crippen LogP contribution in [0.3, 0.4) is 0 Å². The lowest BCUT2D eigenvalue weighted by Crippen LogP contribution is -2.35. The average Bonchev–Trinajstić information content (AvgIpc) is 2.69. The van der Waals surface area contributed by atoms with Crippen LogP contribution in [-0.4, -0.2) is 38.3 Å². The quantitative estimate of drug-likeness (QED) is 0.802. The summed E-state index contributed by atoms with van der Waals surface area (Å²) in [6, 6.07) is 12.2. The number of anilines is 1. The van der Waals surface area contributed by atoms with Gasteiger partial charge in [0.25, 0.3) is 5.91 Å². The lowest BCUT2D eigenvalue weighted by Gasteiger charge is -2.26. The highest BCUT2D eigenvalue weighted by Crippen LogP contribution is 2.23. The van der Waals surface area contributed by atoms with Crippen LogP contribution in [0.5, 0.6) is 5.75 Å². The van der Waals surface area contributed by atoms with E-state index in [1.165, 1.54) is 10.4 Å². The fourth-order valence-electron chi connectivity index (χ4n) is 3.19. The molecule has 150 valence electrons. The van der Waals surface area contributed by atoms with Crippen LogP contribution in [0.1, 0.15) is 30.4 Å². The van der Waals surface area contributed by atoms with Crippen molar-refractivity contribution in [3.05, 3.63) is 53.6 Å². The summed E-state index contributed by atoms with van der Waals surface area (Å²) in [7, 11) is -3.54. The summed E-state index contributed by atoms with van der Waals surface area (Å²) in [5.74, 6) is 0.324. The summed E-state index contributed by atoms with van der Waals surface area (Å²) < 4.78 is 32.7. The van der Waals surface area contributed by atoms with Crippen molar-refractivity contribution in [1.82, 2.24) is 4.31 Å². The maximum absolute atomic E-state index is 12.8. The van der Waals surface area contributed by atoms with Gasteiger partial charge < -0.3 is 10.1 Å². The van der Waals surface area contributed by atoms with Crippen LogP contribution in [0, 0.1) is 13.8 Å². The Balaban J connectivity index is 1.65. The standard InChI is InChI=1S/C21H26N2O4S/c1-16-9-10-17(2)20(13-16)27-15-21(24)22-18-7-6-8-19(14-18)28(25,26)23-11-4-3-5-12-23/h6-10,13-14H,3-5,11-12,15H2,1-2H3,(H,22,24). The number of piperidine rings is 1. The molecular weight excluding hydrogens is 376 g/mol. The SMILES string of the molecule is Cc1ccc(C)c(OCC(=O)Nc2cccc(S(=O)(=O)N3CCCCC3)c2)c1. The first-order chi connectivity index (χ1) is 13.4. The Labute approximate surface area is 166 Å². The minimum Gasteiger partial charge on any atom is -0.483 e. The monoisotopic (exact) mass is 402 g/mol. The first-order valence-electron chi connectivity index (χ1n) is 9.46. The Bertz CT molecular complexity index is 951. The van der Waals surface area contributed by atoms with Gasteiger partial charge in [-0.05, 0) is 62.1 Å². The third-order valence-electron chi connectivity index (χ3n) is 4.77. The molecule has 1 fully saturated rings. The molecule has 3 rings (SSSR count). The van der Waals surface area contributed by atoms with Gasteiger partial charge in [-0.15, -0.1) is 0 Å². The average molecular weight is 403 g/mol. The molecule has 1 N–H and O–H groups in total. The maximum Gasteiger partial charge on any atom is 0.262 e. The summed E-state index contributed by atoms with van der Waals surface area (Å²) in [6.45, 7) is 4.82. The van der Waals surface area contributed by atoms with E-state index >= 15 is 0 Å². The van der Waals surface area contributed by atoms with Crippen LogP contribution >= 0.6 is 0 Å². The molecule has 1 saturated heterocycles. The predicted octanol–water partition coefficient (Wildman–Crippen LogP) is 3.50. The largest absolute Gasteiger partial charge is 0.483 e. The summed E-state index contributed by atoms with van der Waals surface area (Å²) in [6.07, 6.45) is 2.82. The number of nitrogens with zero attached hydrogens (tertiary/aromatic N) is 1. The lowest BCUT2D eigenvalue weighted by molar-refractivity contribution is -0.118. The van der Waals surface area contributed by atoms with Crippen molar-refractivity contribution in [2.24, 2.45) is 0 Å². The van der Waals surface area contributed by atoms with Crippen LogP contribution in [-0.2, 0) is 14.8 Å². The number of rotatable bonds is 6. The van der Waals surface area contributed by atoms with Gasteiger partial charge >= 0.3 is 0 Å². The van der Waals surface area contributed by atoms with Crippen LogP contribution in [0.4, 0.5) is 5.69 Å². The van der Waals surface area contributed by atoms with Crippen LogP contribution in [0.15, 0.2) is 47.4 Å². The van der Waals surface area contributed by atoms with Gasteiger partial charge in [0.05, 0.1) is 4.90 Å². The fraction of sp³-hybridized carbons (Fsp3) is 0.381. The molecule has 1 heterocycles. The molecule has 1 aliphatic heterocycles. The molecule has 0 aromatic heterocycles. The number of aryl methyl sites for hydroxylation is 2. The van der Waals surface area contributed by atoms with Crippen molar-refractivity contribution in [1.29, 1.82) is 0 Å². The van der Waals surface area contributed by atoms with E-state index in [0.717, 1.165) is 30.4 Å². The Morgan fingerprint density at radius 2 is 1.82 bits per heavy atom. The van der Waals surface area contributed by atoms with Crippen molar-refractivity contribution in [3.8, 4) is 5.75 Å². The van der Waals surface area contributed by atoms with Crippen molar-refractivity contribution in [3.63, 3.8) is 0 Å². The number of hydrogen-bond acceptors (Lipinski definition) is 4. The van der Waals surface area contributed by atoms with E-state index in [0.29, 0.717) is 24.5 Å². The van der Waals surface area contributed by atoms with E-state index in [9.17, 15) is 13.2 Å². The van der Waals surface area contributed by atoms with E-state index in [1.807, 2.05) is 32.0 Å². The van der Waals surface area contributed by atoms with Crippen LogP contribution < -0.4 is 10.1 Å². The predicted molar refractivity (Wildman–Crippen MR) is 109 cm³/mol. The van der Waals surface area contributed by atoms with Gasteiger partial charge in [-0.1, -0.05) is 24.6 Å². The van der Waals surface area contributed by atoms with Gasteiger partial charge in [-0.2, -0.15) is 4.31 Å². The third kappa shape index (κ3) is 4.91. The summed E-state index contributed by atoms with van der Waals surface area (Å²) in [5, 5.41) is 2.71. The van der Waals surface area contributed by atoms with E-state index in [1.54, 1.807) is 18.2 Å². The van der Waals surface area contributed by atoms with Crippen molar-refractivity contribution >= 4 is 21.6 Å². The zero-order valence-corrected chi connectivity index (χ0v) is 17.1. The van der Waals surface area contributed by atoms with Gasteiger partial charge in [0.2, 0.25) is 10.0 Å². The van der Waals surface area contributed by atoms with E-state index in [4.69, 9.17) is 4.74 Å². The van der Waals surface area contributed by atoms with Gasteiger partial charge in [0.1, 0.15) is 5.75 Å². The smallest absolute Gasteiger partial charge is 0.262 e. The van der Waals surface area contributed by atoms with E-state index in [-0.39, 0.29) is 17.4 Å². The molecule has 0 spiro atoms. The van der Waals surface area contributed by atoms with Gasteiger partial charge in [0, 0.05) is 18.8 Å². The number of nitrogens with one attached hydrogen (secondary N) is 1. The summed E-state index contributed by atoms with van der Waals surface area (Å²) >= 11 is 0. The highest BCUT2D eigenvalue weighted by molar-refractivity contribution is 7.89. The highest BCUT2D eigenvalue weighted by atomic mass is 32.2. The topological polar surface area (TPSA) is 75.7 Å². The molecule has 1 aliphatic rings. The zero-order chi connectivity index (χ0) is 20.1. The minimum absolute atomic E-state index is 0.145. The highest BCUT2D eigenvalue weighted by Gasteiger charge is 2.26. The molecule has 0 atom stereocenters. The molecule has 0 saturated carbocycles. The molecular formula is C21H26N2O4S. The molecule has 2 aromatic carbocycles. The summed E-state index contributed by atoms with van der Waals surface area (Å²) in [5.41, 5.74) is 2.44. The molecule has 0 bridgehead atoms. The molecule has 28 heavy (non-hydrogen) atoms. The van der Waals surface area contributed by atoms with Crippen molar-refractivity contribution in [2.75, 3.05) is 25.0 Å². The minimum atomic E-state index is -3.54.